The summed E-state index contributed by atoms with van der Waals surface area (Å²) >= 11 is 0. The van der Waals surface area contributed by atoms with E-state index in [1.54, 1.807) is 13.0 Å². The van der Waals surface area contributed by atoms with Crippen molar-refractivity contribution in [3.8, 4) is 0 Å². The average Bonchev–Trinajstić information content (AvgIpc) is 3.12. The van der Waals surface area contributed by atoms with Gasteiger partial charge in [0.25, 0.3) is 0 Å². The highest BCUT2D eigenvalue weighted by molar-refractivity contribution is 7.92. The number of aryl methyl sites for hydroxylation is 2. The van der Waals surface area contributed by atoms with Crippen molar-refractivity contribution in [1.82, 2.24) is 5.32 Å². The van der Waals surface area contributed by atoms with Gasteiger partial charge in [-0.25, -0.2) is 8.42 Å². The molecule has 0 unspecified atom stereocenters. The molecule has 1 amide bonds. The fraction of sp³-hybridized carbons (Fsp3) is 0.632. The summed E-state index contributed by atoms with van der Waals surface area (Å²) in [6.45, 7) is 5.59. The third-order valence-corrected chi connectivity index (χ3v) is 7.14. The summed E-state index contributed by atoms with van der Waals surface area (Å²) in [5, 5.41) is 3.11. The lowest BCUT2D eigenvalue weighted by atomic mass is 9.95. The SMILES string of the molecule is Cc1ccc(N([C@@H](C)C(=O)N[C@@H]2C[C@@H]3CC[C@@H]2C3)S(C)(=O)=O)cc1C. The molecule has 1 aromatic carbocycles. The first kappa shape index (κ1) is 18.2. The van der Waals surface area contributed by atoms with E-state index in [9.17, 15) is 13.2 Å². The van der Waals surface area contributed by atoms with Crippen LogP contribution in [-0.4, -0.2) is 32.7 Å². The Morgan fingerprint density at radius 1 is 1.20 bits per heavy atom. The number of hydrogen-bond donors (Lipinski definition) is 1. The Labute approximate surface area is 150 Å². The van der Waals surface area contributed by atoms with Gasteiger partial charge >= 0.3 is 0 Å². The quantitative estimate of drug-likeness (QED) is 0.874. The van der Waals surface area contributed by atoms with Crippen LogP contribution >= 0.6 is 0 Å². The first-order valence-corrected chi connectivity index (χ1v) is 10.9. The van der Waals surface area contributed by atoms with E-state index in [-0.39, 0.29) is 11.9 Å². The Morgan fingerprint density at radius 3 is 2.44 bits per heavy atom. The highest BCUT2D eigenvalue weighted by Crippen LogP contribution is 2.44. The van der Waals surface area contributed by atoms with Crippen molar-refractivity contribution in [1.29, 1.82) is 0 Å². The van der Waals surface area contributed by atoms with Crippen LogP contribution in [0.25, 0.3) is 0 Å². The minimum atomic E-state index is -3.56. The minimum absolute atomic E-state index is 0.204. The van der Waals surface area contributed by atoms with Crippen molar-refractivity contribution in [2.75, 3.05) is 10.6 Å². The van der Waals surface area contributed by atoms with Crippen LogP contribution in [0.5, 0.6) is 0 Å². The van der Waals surface area contributed by atoms with Gasteiger partial charge in [0.1, 0.15) is 6.04 Å². The highest BCUT2D eigenvalue weighted by Gasteiger charge is 2.41. The normalized spacial score (nSPS) is 26.5. The van der Waals surface area contributed by atoms with Crippen molar-refractivity contribution in [2.45, 2.75) is 58.5 Å². The largest absolute Gasteiger partial charge is 0.351 e. The van der Waals surface area contributed by atoms with Crippen LogP contribution in [0.3, 0.4) is 0 Å². The maximum atomic E-state index is 12.8. The Morgan fingerprint density at radius 2 is 1.92 bits per heavy atom. The van der Waals surface area contributed by atoms with Crippen LogP contribution in [0.1, 0.15) is 43.7 Å². The molecule has 0 aliphatic heterocycles. The topological polar surface area (TPSA) is 66.5 Å². The molecule has 0 radical (unpaired) electrons. The number of sulfonamides is 1. The number of amides is 1. The standard InChI is InChI=1S/C19H28N2O3S/c1-12-5-8-17(9-13(12)2)21(25(4,23)24)14(3)19(22)20-18-11-15-6-7-16(18)10-15/h5,8-9,14-16,18H,6-7,10-11H2,1-4H3,(H,20,22)/t14-,15+,16+,18+/m0/s1. The zero-order valence-electron chi connectivity index (χ0n) is 15.5. The first-order chi connectivity index (χ1) is 11.7. The Kier molecular flexibility index (Phi) is 4.84. The number of nitrogens with zero attached hydrogens (tertiary/aromatic N) is 1. The van der Waals surface area contributed by atoms with Gasteiger partial charge in [0, 0.05) is 6.04 Å². The smallest absolute Gasteiger partial charge is 0.243 e. The van der Waals surface area contributed by atoms with Crippen molar-refractivity contribution >= 4 is 21.6 Å². The molecule has 2 aliphatic rings. The molecule has 2 aliphatic carbocycles. The average molecular weight is 365 g/mol. The molecular weight excluding hydrogens is 336 g/mol. The maximum absolute atomic E-state index is 12.8. The number of fused-ring (bicyclic) bond motifs is 2. The number of benzene rings is 1. The number of carbonyl (C=O) groups excluding carboxylic acids is 1. The molecule has 3 rings (SSSR count). The van der Waals surface area contributed by atoms with Crippen molar-refractivity contribution in [2.24, 2.45) is 11.8 Å². The van der Waals surface area contributed by atoms with Gasteiger partial charge < -0.3 is 5.32 Å². The van der Waals surface area contributed by atoms with Gasteiger partial charge in [-0.3, -0.25) is 9.10 Å². The molecule has 2 bridgehead atoms. The molecule has 5 nitrogen and oxygen atoms in total. The summed E-state index contributed by atoms with van der Waals surface area (Å²) in [7, 11) is -3.56. The van der Waals surface area contributed by atoms with E-state index in [0.717, 1.165) is 29.7 Å². The van der Waals surface area contributed by atoms with Crippen LogP contribution in [0, 0.1) is 25.7 Å². The molecule has 2 fully saturated rings. The van der Waals surface area contributed by atoms with Gasteiger partial charge in [0.05, 0.1) is 11.9 Å². The summed E-state index contributed by atoms with van der Waals surface area (Å²) in [5.41, 5.74) is 2.64. The Bertz CT molecular complexity index is 775. The van der Waals surface area contributed by atoms with Gasteiger partial charge in [-0.1, -0.05) is 12.5 Å². The van der Waals surface area contributed by atoms with Crippen LogP contribution in [0.4, 0.5) is 5.69 Å². The van der Waals surface area contributed by atoms with Crippen LogP contribution in [0.15, 0.2) is 18.2 Å². The zero-order chi connectivity index (χ0) is 18.4. The molecule has 0 saturated heterocycles. The fourth-order valence-corrected chi connectivity index (χ4v) is 5.56. The van der Waals surface area contributed by atoms with E-state index in [0.29, 0.717) is 11.6 Å². The lowest BCUT2D eigenvalue weighted by molar-refractivity contribution is -0.122. The summed E-state index contributed by atoms with van der Waals surface area (Å²) in [6.07, 6.45) is 5.84. The van der Waals surface area contributed by atoms with E-state index in [4.69, 9.17) is 0 Å². The third kappa shape index (κ3) is 3.68. The highest BCUT2D eigenvalue weighted by atomic mass is 32.2. The molecule has 0 spiro atoms. The van der Waals surface area contributed by atoms with Gasteiger partial charge in [-0.15, -0.1) is 0 Å². The van der Waals surface area contributed by atoms with E-state index >= 15 is 0 Å². The molecule has 25 heavy (non-hydrogen) atoms. The van der Waals surface area contributed by atoms with Gasteiger partial charge in [-0.2, -0.15) is 0 Å². The van der Waals surface area contributed by atoms with Gasteiger partial charge in [0.2, 0.25) is 15.9 Å². The number of hydrogen-bond acceptors (Lipinski definition) is 3. The van der Waals surface area contributed by atoms with E-state index < -0.39 is 16.1 Å². The molecule has 0 heterocycles. The number of nitrogens with one attached hydrogen (secondary N) is 1. The molecule has 1 aromatic rings. The lowest BCUT2D eigenvalue weighted by Crippen LogP contribution is -2.51. The number of rotatable bonds is 5. The molecule has 6 heteroatoms. The Hall–Kier alpha value is -1.56. The predicted molar refractivity (Wildman–Crippen MR) is 100 cm³/mol. The minimum Gasteiger partial charge on any atom is -0.351 e. The van der Waals surface area contributed by atoms with Crippen LogP contribution in [-0.2, 0) is 14.8 Å². The summed E-state index contributed by atoms with van der Waals surface area (Å²) in [6, 6.07) is 4.93. The van der Waals surface area contributed by atoms with Crippen molar-refractivity contribution in [3.05, 3.63) is 29.3 Å². The van der Waals surface area contributed by atoms with Crippen LogP contribution in [0.2, 0.25) is 0 Å². The number of anilines is 1. The second-order valence-corrected chi connectivity index (χ2v) is 9.65. The molecule has 0 aromatic heterocycles. The summed E-state index contributed by atoms with van der Waals surface area (Å²) in [4.78, 5) is 12.8. The molecule has 138 valence electrons. The fourth-order valence-electron chi connectivity index (χ4n) is 4.40. The first-order valence-electron chi connectivity index (χ1n) is 9.04. The lowest BCUT2D eigenvalue weighted by Gasteiger charge is -2.31. The monoisotopic (exact) mass is 364 g/mol. The van der Waals surface area contributed by atoms with E-state index in [1.807, 2.05) is 26.0 Å². The second kappa shape index (κ2) is 6.63. The van der Waals surface area contributed by atoms with Gasteiger partial charge in [0.15, 0.2) is 0 Å². The third-order valence-electron chi connectivity index (χ3n) is 5.90. The van der Waals surface area contributed by atoms with Crippen molar-refractivity contribution < 1.29 is 13.2 Å². The van der Waals surface area contributed by atoms with Crippen molar-refractivity contribution in [3.63, 3.8) is 0 Å². The van der Waals surface area contributed by atoms with Gasteiger partial charge in [-0.05, 0) is 75.1 Å². The van der Waals surface area contributed by atoms with E-state index in [1.165, 1.54) is 23.6 Å². The van der Waals surface area contributed by atoms with Crippen LogP contribution < -0.4 is 9.62 Å². The summed E-state index contributed by atoms with van der Waals surface area (Å²) < 4.78 is 26.0. The molecular formula is C19H28N2O3S. The zero-order valence-corrected chi connectivity index (χ0v) is 16.3. The molecule has 2 saturated carbocycles. The van der Waals surface area contributed by atoms with E-state index in [2.05, 4.69) is 5.32 Å². The molecule has 4 atom stereocenters. The number of carbonyl (C=O) groups is 1. The maximum Gasteiger partial charge on any atom is 0.243 e. The predicted octanol–water partition coefficient (Wildman–Crippen LogP) is 2.76. The summed E-state index contributed by atoms with van der Waals surface area (Å²) in [5.74, 6) is 1.09. The molecule has 1 N–H and O–H groups in total. The Balaban J connectivity index is 1.80. The second-order valence-electron chi connectivity index (χ2n) is 7.79.